The molecule has 1 N–H and O–H groups in total. The van der Waals surface area contributed by atoms with E-state index in [1.54, 1.807) is 12.1 Å². The Balaban J connectivity index is 3.15. The molecule has 58 valence electrons. The highest BCUT2D eigenvalue weighted by Crippen LogP contribution is 2.26. The van der Waals surface area contributed by atoms with Crippen LogP contribution in [0.4, 0.5) is 0 Å². The number of phenolic OH excluding ortho intramolecular Hbond substituents is 1. The molecule has 0 aromatic heterocycles. The van der Waals surface area contributed by atoms with Gasteiger partial charge in [0.05, 0.1) is 4.47 Å². The Bertz CT molecular complexity index is 292. The van der Waals surface area contributed by atoms with Crippen molar-refractivity contribution in [3.63, 3.8) is 0 Å². The van der Waals surface area contributed by atoms with Gasteiger partial charge in [0.15, 0.2) is 0 Å². The molecular weight excluding hydrogens is 204 g/mol. The Morgan fingerprint density at radius 2 is 2.18 bits per heavy atom. The number of allylic oxidation sites excluding steroid dienone is 1. The Labute approximate surface area is 74.5 Å². The van der Waals surface area contributed by atoms with Crippen molar-refractivity contribution in [3.05, 3.63) is 34.8 Å². The molecule has 0 radical (unpaired) electrons. The Hall–Kier alpha value is -0.760. The fourth-order valence-electron chi connectivity index (χ4n) is 0.778. The van der Waals surface area contributed by atoms with Crippen LogP contribution in [0.3, 0.4) is 0 Å². The minimum Gasteiger partial charge on any atom is -0.507 e. The van der Waals surface area contributed by atoms with Crippen molar-refractivity contribution >= 4 is 21.5 Å². The molecule has 0 bridgehead atoms. The van der Waals surface area contributed by atoms with Gasteiger partial charge in [-0.1, -0.05) is 18.2 Å². The summed E-state index contributed by atoms with van der Waals surface area (Å²) in [6.45, 7) is 5.68. The maximum atomic E-state index is 9.26. The lowest BCUT2D eigenvalue weighted by atomic mass is 10.1. The molecule has 2 heteroatoms. The summed E-state index contributed by atoms with van der Waals surface area (Å²) in [6, 6.07) is 5.40. The van der Waals surface area contributed by atoms with Gasteiger partial charge in [-0.2, -0.15) is 0 Å². The van der Waals surface area contributed by atoms with E-state index in [1.165, 1.54) is 0 Å². The molecule has 0 saturated heterocycles. The van der Waals surface area contributed by atoms with Crippen LogP contribution in [0.2, 0.25) is 0 Å². The second kappa shape index (κ2) is 3.09. The molecule has 0 aliphatic carbocycles. The molecular formula is C9H9BrO. The predicted octanol–water partition coefficient (Wildman–Crippen LogP) is 3.19. The summed E-state index contributed by atoms with van der Waals surface area (Å²) in [4.78, 5) is 0. The van der Waals surface area contributed by atoms with Crippen LogP contribution in [0.25, 0.3) is 5.57 Å². The van der Waals surface area contributed by atoms with Gasteiger partial charge < -0.3 is 5.11 Å². The maximum absolute atomic E-state index is 9.26. The number of aromatic hydroxyl groups is 1. The van der Waals surface area contributed by atoms with Crippen LogP contribution < -0.4 is 0 Å². The van der Waals surface area contributed by atoms with E-state index in [1.807, 2.05) is 13.0 Å². The van der Waals surface area contributed by atoms with Crippen LogP contribution in [0, 0.1) is 0 Å². The molecule has 1 nitrogen and oxygen atoms in total. The monoisotopic (exact) mass is 212 g/mol. The SMILES string of the molecule is C=C(C)c1ccc(Br)c(O)c1. The van der Waals surface area contributed by atoms with Crippen molar-refractivity contribution in [2.24, 2.45) is 0 Å². The van der Waals surface area contributed by atoms with E-state index >= 15 is 0 Å². The average molecular weight is 213 g/mol. The summed E-state index contributed by atoms with van der Waals surface area (Å²) in [5.41, 5.74) is 1.92. The molecule has 0 heterocycles. The molecule has 1 aromatic carbocycles. The fraction of sp³-hybridized carbons (Fsp3) is 0.111. The third kappa shape index (κ3) is 1.84. The molecule has 0 saturated carbocycles. The summed E-state index contributed by atoms with van der Waals surface area (Å²) >= 11 is 3.20. The van der Waals surface area contributed by atoms with Crippen LogP contribution in [0.15, 0.2) is 29.3 Å². The van der Waals surface area contributed by atoms with Crippen molar-refractivity contribution < 1.29 is 5.11 Å². The van der Waals surface area contributed by atoms with Gasteiger partial charge in [0.25, 0.3) is 0 Å². The van der Waals surface area contributed by atoms with Gasteiger partial charge in [0.1, 0.15) is 5.75 Å². The normalized spacial score (nSPS) is 9.64. The minimum atomic E-state index is 0.255. The van der Waals surface area contributed by atoms with Gasteiger partial charge in [0.2, 0.25) is 0 Å². The second-order valence-electron chi connectivity index (χ2n) is 2.45. The quantitative estimate of drug-likeness (QED) is 0.759. The number of hydrogen-bond donors (Lipinski definition) is 1. The Kier molecular flexibility index (Phi) is 2.35. The van der Waals surface area contributed by atoms with E-state index < -0.39 is 0 Å². The first-order valence-electron chi connectivity index (χ1n) is 3.25. The van der Waals surface area contributed by atoms with Crippen molar-refractivity contribution in [1.29, 1.82) is 0 Å². The van der Waals surface area contributed by atoms with Crippen LogP contribution in [-0.2, 0) is 0 Å². The van der Waals surface area contributed by atoms with E-state index in [2.05, 4.69) is 22.5 Å². The summed E-state index contributed by atoms with van der Waals surface area (Å²) in [5.74, 6) is 0.255. The topological polar surface area (TPSA) is 20.2 Å². The van der Waals surface area contributed by atoms with Crippen molar-refractivity contribution in [2.45, 2.75) is 6.92 Å². The largest absolute Gasteiger partial charge is 0.507 e. The average Bonchev–Trinajstić information content (AvgIpc) is 1.94. The van der Waals surface area contributed by atoms with E-state index in [0.717, 1.165) is 11.1 Å². The van der Waals surface area contributed by atoms with Crippen LogP contribution in [0.5, 0.6) is 5.75 Å². The third-order valence-corrected chi connectivity index (χ3v) is 2.11. The fourth-order valence-corrected chi connectivity index (χ4v) is 1.02. The first-order valence-corrected chi connectivity index (χ1v) is 4.05. The molecule has 0 aliphatic heterocycles. The standard InChI is InChI=1S/C9H9BrO/c1-6(2)7-3-4-8(10)9(11)5-7/h3-5,11H,1H2,2H3. The van der Waals surface area contributed by atoms with Gasteiger partial charge in [-0.05, 0) is 40.5 Å². The molecule has 0 amide bonds. The lowest BCUT2D eigenvalue weighted by Gasteiger charge is -2.01. The molecule has 0 aliphatic rings. The summed E-state index contributed by atoms with van der Waals surface area (Å²) in [5, 5.41) is 9.26. The van der Waals surface area contributed by atoms with Crippen LogP contribution in [0.1, 0.15) is 12.5 Å². The second-order valence-corrected chi connectivity index (χ2v) is 3.30. The van der Waals surface area contributed by atoms with E-state index in [9.17, 15) is 5.11 Å². The summed E-state index contributed by atoms with van der Waals surface area (Å²) in [7, 11) is 0. The van der Waals surface area contributed by atoms with Gasteiger partial charge in [-0.25, -0.2) is 0 Å². The number of rotatable bonds is 1. The van der Waals surface area contributed by atoms with Crippen molar-refractivity contribution in [2.75, 3.05) is 0 Å². The van der Waals surface area contributed by atoms with Crippen LogP contribution >= 0.6 is 15.9 Å². The number of benzene rings is 1. The van der Waals surface area contributed by atoms with E-state index in [-0.39, 0.29) is 5.75 Å². The van der Waals surface area contributed by atoms with E-state index in [0.29, 0.717) is 4.47 Å². The summed E-state index contributed by atoms with van der Waals surface area (Å²) in [6.07, 6.45) is 0. The first-order chi connectivity index (χ1) is 5.11. The minimum absolute atomic E-state index is 0.255. The van der Waals surface area contributed by atoms with Gasteiger partial charge in [-0.15, -0.1) is 0 Å². The van der Waals surface area contributed by atoms with Gasteiger partial charge >= 0.3 is 0 Å². The lowest BCUT2D eigenvalue weighted by Crippen LogP contribution is -1.77. The number of hydrogen-bond acceptors (Lipinski definition) is 1. The van der Waals surface area contributed by atoms with E-state index in [4.69, 9.17) is 0 Å². The molecule has 1 aromatic rings. The highest BCUT2D eigenvalue weighted by Gasteiger charge is 1.98. The number of halogens is 1. The van der Waals surface area contributed by atoms with Crippen LogP contribution in [-0.4, -0.2) is 5.11 Å². The molecule has 0 unspecified atom stereocenters. The summed E-state index contributed by atoms with van der Waals surface area (Å²) < 4.78 is 0.711. The van der Waals surface area contributed by atoms with Gasteiger partial charge in [0, 0.05) is 0 Å². The molecule has 0 atom stereocenters. The molecule has 0 spiro atoms. The predicted molar refractivity (Wildman–Crippen MR) is 50.5 cm³/mol. The Morgan fingerprint density at radius 1 is 1.55 bits per heavy atom. The smallest absolute Gasteiger partial charge is 0.130 e. The Morgan fingerprint density at radius 3 is 2.64 bits per heavy atom. The molecule has 1 rings (SSSR count). The highest BCUT2D eigenvalue weighted by molar-refractivity contribution is 9.10. The first kappa shape index (κ1) is 8.34. The third-order valence-electron chi connectivity index (χ3n) is 1.44. The zero-order valence-electron chi connectivity index (χ0n) is 6.26. The van der Waals surface area contributed by atoms with Crippen molar-refractivity contribution in [3.8, 4) is 5.75 Å². The van der Waals surface area contributed by atoms with Gasteiger partial charge in [-0.3, -0.25) is 0 Å². The zero-order chi connectivity index (χ0) is 8.43. The zero-order valence-corrected chi connectivity index (χ0v) is 7.85. The molecule has 11 heavy (non-hydrogen) atoms. The molecule has 0 fully saturated rings. The lowest BCUT2D eigenvalue weighted by molar-refractivity contribution is 0.472. The highest BCUT2D eigenvalue weighted by atomic mass is 79.9. The number of phenols is 1. The maximum Gasteiger partial charge on any atom is 0.130 e. The van der Waals surface area contributed by atoms with Crippen molar-refractivity contribution in [1.82, 2.24) is 0 Å².